The smallest absolute Gasteiger partial charge is 0.338 e. The largest absolute Gasteiger partial charge is 0.454 e. The first kappa shape index (κ1) is 57.7. The van der Waals surface area contributed by atoms with Crippen LogP contribution in [0.4, 0.5) is 0 Å². The molecule has 4 aliphatic rings. The Labute approximate surface area is 473 Å². The van der Waals surface area contributed by atoms with Crippen molar-refractivity contribution in [3.63, 3.8) is 0 Å². The van der Waals surface area contributed by atoms with Gasteiger partial charge in [0.2, 0.25) is 0 Å². The Balaban J connectivity index is 0.000000210. The molecule has 2 aliphatic carbocycles. The van der Waals surface area contributed by atoms with E-state index in [9.17, 15) is 14.4 Å². The lowest BCUT2D eigenvalue weighted by atomic mass is 9.80. The Morgan fingerprint density at radius 1 is 0.512 bits per heavy atom. The maximum atomic E-state index is 13.7. The summed E-state index contributed by atoms with van der Waals surface area (Å²) in [6.07, 6.45) is 16.2. The van der Waals surface area contributed by atoms with Gasteiger partial charge in [-0.2, -0.15) is 0 Å². The Hall–Kier alpha value is -6.95. The van der Waals surface area contributed by atoms with E-state index < -0.39 is 36.2 Å². The zero-order valence-electron chi connectivity index (χ0n) is 46.9. The molecule has 2 saturated carbocycles. The minimum atomic E-state index is -0.845. The number of fused-ring (bicyclic) bond motifs is 1. The molecule has 2 saturated heterocycles. The second-order valence-electron chi connectivity index (χ2n) is 22.6. The van der Waals surface area contributed by atoms with Crippen molar-refractivity contribution in [1.82, 2.24) is 0 Å². The van der Waals surface area contributed by atoms with Gasteiger partial charge in [0.25, 0.3) is 0 Å². The number of carbonyl (C=O) groups is 3. The summed E-state index contributed by atoms with van der Waals surface area (Å²) in [5, 5.41) is 0. The summed E-state index contributed by atoms with van der Waals surface area (Å²) in [5.41, 5.74) is 9.41. The standard InChI is InChI=1S/C44H50O4.C26H28O6/c1-31-13-17-33(18-14-31)29-35-21-25-39(26-22-35)43(45)47-41(37-9-5-3-6-10-37)42(38-11-7-4-8-12-38)48-44(46)40-27-23-36(24-28-40)30-34-19-15-32(2)16-20-34;1-18-5-9-20(10-6-18)4-3-15-30-32-23-17-29-25-22(16-28-26(23)25)31-24(27)14-13-21-11-7-19(2)8-12-21/h3-12,21-28,31-34,41-42H,13-20,29-30H2,1-2H3;3-14,22-23,25-26H,15-17H2,1-2H3/b;4-3+,14-13+/t31?,32?,33?,34?,41-,42-;22?,23-,25+,26+/m10/s1. The van der Waals surface area contributed by atoms with E-state index in [2.05, 4.69) is 57.2 Å². The third kappa shape index (κ3) is 16.8. The van der Waals surface area contributed by atoms with Gasteiger partial charge in [0.1, 0.15) is 24.9 Å². The summed E-state index contributed by atoms with van der Waals surface area (Å²) in [6, 6.07) is 50.9. The number of ether oxygens (including phenoxy) is 5. The average Bonchev–Trinajstić information content (AvgIpc) is 4.13. The number of hydrogen-bond acceptors (Lipinski definition) is 10. The van der Waals surface area contributed by atoms with E-state index in [1.54, 1.807) is 6.08 Å². The summed E-state index contributed by atoms with van der Waals surface area (Å²) in [5.74, 6) is 1.76. The Kier molecular flexibility index (Phi) is 20.9. The van der Waals surface area contributed by atoms with Gasteiger partial charge in [-0.05, 0) is 140 Å². The molecule has 10 heteroatoms. The number of esters is 3. The lowest BCUT2D eigenvalue weighted by Gasteiger charge is -2.28. The van der Waals surface area contributed by atoms with Crippen LogP contribution in [0.3, 0.4) is 0 Å². The van der Waals surface area contributed by atoms with Crippen molar-refractivity contribution < 1.29 is 47.8 Å². The third-order valence-electron chi connectivity index (χ3n) is 16.2. The van der Waals surface area contributed by atoms with Crippen molar-refractivity contribution >= 4 is 30.1 Å². The van der Waals surface area contributed by atoms with Crippen LogP contribution >= 0.6 is 0 Å². The molecule has 0 radical (unpaired) electrons. The van der Waals surface area contributed by atoms with Crippen molar-refractivity contribution in [2.45, 2.75) is 129 Å². The summed E-state index contributed by atoms with van der Waals surface area (Å²) in [6.45, 7) is 9.67. The minimum Gasteiger partial charge on any atom is -0.454 e. The molecule has 0 N–H and O–H groups in total. The van der Waals surface area contributed by atoms with E-state index in [4.69, 9.17) is 33.5 Å². The van der Waals surface area contributed by atoms with Crippen molar-refractivity contribution in [3.8, 4) is 0 Å². The SMILES string of the molecule is CC1CCC(Cc2ccc(C(=O)O[C@H](c3ccccc3)[C@H](OC(=O)c3ccc(CC4CCC(C)CC4)cc3)c3ccccc3)cc2)CC1.Cc1ccc(/C=C/COO[C@H]2CO[C@@H]3C(OC(=O)/C=C/c4ccc(C)cc4)CO[C@H]23)cc1. The number of hydrogen-bond donors (Lipinski definition) is 0. The summed E-state index contributed by atoms with van der Waals surface area (Å²) < 4.78 is 29.6. The molecular weight excluding hydrogens is 1000 g/mol. The van der Waals surface area contributed by atoms with Gasteiger partial charge >= 0.3 is 17.9 Å². The molecule has 2 heterocycles. The van der Waals surface area contributed by atoms with Crippen LogP contribution < -0.4 is 0 Å². The van der Waals surface area contributed by atoms with Gasteiger partial charge in [-0.3, -0.25) is 0 Å². The van der Waals surface area contributed by atoms with Gasteiger partial charge in [-0.15, -0.1) is 0 Å². The van der Waals surface area contributed by atoms with Crippen molar-refractivity contribution in [2.24, 2.45) is 23.7 Å². The normalized spacial score (nSPS) is 23.4. The number of rotatable bonds is 19. The number of aryl methyl sites for hydroxylation is 2. The molecule has 2 aliphatic heterocycles. The second-order valence-corrected chi connectivity index (χ2v) is 22.6. The lowest BCUT2D eigenvalue weighted by molar-refractivity contribution is -0.326. The molecule has 10 nitrogen and oxygen atoms in total. The molecule has 80 heavy (non-hydrogen) atoms. The Bertz CT molecular complexity index is 2800. The zero-order chi connectivity index (χ0) is 55.6. The summed E-state index contributed by atoms with van der Waals surface area (Å²) >= 11 is 0. The molecule has 0 amide bonds. The van der Waals surface area contributed by atoms with Gasteiger partial charge in [0.05, 0.1) is 24.3 Å². The predicted molar refractivity (Wildman–Crippen MR) is 312 cm³/mol. The van der Waals surface area contributed by atoms with Crippen LogP contribution in [-0.4, -0.2) is 62.1 Å². The van der Waals surface area contributed by atoms with Gasteiger partial charge in [0.15, 0.2) is 18.3 Å². The van der Waals surface area contributed by atoms with Crippen LogP contribution in [0.1, 0.15) is 143 Å². The molecule has 0 bridgehead atoms. The fourth-order valence-electron chi connectivity index (χ4n) is 11.2. The highest BCUT2D eigenvalue weighted by atomic mass is 17.2. The third-order valence-corrected chi connectivity index (χ3v) is 16.2. The lowest BCUT2D eigenvalue weighted by Crippen LogP contribution is -2.34. The number of carbonyl (C=O) groups excluding carboxylic acids is 3. The van der Waals surface area contributed by atoms with Crippen molar-refractivity contribution in [1.29, 1.82) is 0 Å². The maximum absolute atomic E-state index is 13.7. The summed E-state index contributed by atoms with van der Waals surface area (Å²) in [4.78, 5) is 50.4. The average molecular weight is 1080 g/mol. The van der Waals surface area contributed by atoms with Crippen molar-refractivity contribution in [2.75, 3.05) is 19.8 Å². The fraction of sp³-hybridized carbons (Fsp3) is 0.386. The second kappa shape index (κ2) is 29.0. The quantitative estimate of drug-likeness (QED) is 0.0194. The topological polar surface area (TPSA) is 116 Å². The van der Waals surface area contributed by atoms with Gasteiger partial charge in [-0.1, -0.05) is 196 Å². The predicted octanol–water partition coefficient (Wildman–Crippen LogP) is 15.0. The Morgan fingerprint density at radius 2 is 0.938 bits per heavy atom. The first-order valence-corrected chi connectivity index (χ1v) is 28.9. The highest BCUT2D eigenvalue weighted by Gasteiger charge is 2.50. The van der Waals surface area contributed by atoms with Crippen LogP contribution in [0.2, 0.25) is 0 Å². The first-order chi connectivity index (χ1) is 39.0. The van der Waals surface area contributed by atoms with Crippen molar-refractivity contribution in [3.05, 3.63) is 226 Å². The van der Waals surface area contributed by atoms with Gasteiger partial charge in [0, 0.05) is 6.08 Å². The molecule has 0 aromatic heterocycles. The van der Waals surface area contributed by atoms with Crippen LogP contribution in [0.15, 0.2) is 170 Å². The molecule has 0 spiro atoms. The number of benzene rings is 6. The first-order valence-electron chi connectivity index (χ1n) is 28.9. The summed E-state index contributed by atoms with van der Waals surface area (Å²) in [7, 11) is 0. The van der Waals surface area contributed by atoms with E-state index in [1.807, 2.05) is 140 Å². The minimum absolute atomic E-state index is 0.270. The monoisotopic (exact) mass is 1080 g/mol. The zero-order valence-corrected chi connectivity index (χ0v) is 46.9. The van der Waals surface area contributed by atoms with Crippen LogP contribution in [0.5, 0.6) is 0 Å². The van der Waals surface area contributed by atoms with Crippen LogP contribution in [-0.2, 0) is 51.1 Å². The molecule has 4 fully saturated rings. The fourth-order valence-corrected chi connectivity index (χ4v) is 11.2. The van der Waals surface area contributed by atoms with Gasteiger partial charge in [-0.25, -0.2) is 24.2 Å². The highest BCUT2D eigenvalue weighted by molar-refractivity contribution is 5.91. The van der Waals surface area contributed by atoms with Gasteiger partial charge < -0.3 is 23.7 Å². The maximum Gasteiger partial charge on any atom is 0.338 e. The van der Waals surface area contributed by atoms with E-state index in [0.717, 1.165) is 46.9 Å². The molecule has 6 atom stereocenters. The van der Waals surface area contributed by atoms with Crippen LogP contribution in [0.25, 0.3) is 12.2 Å². The van der Waals surface area contributed by atoms with Crippen LogP contribution in [0, 0.1) is 37.5 Å². The van der Waals surface area contributed by atoms with E-state index in [1.165, 1.54) is 79.7 Å². The molecular formula is C70H78O10. The molecule has 1 unspecified atom stereocenters. The molecule has 10 rings (SSSR count). The molecule has 6 aromatic rings. The van der Waals surface area contributed by atoms with E-state index >= 15 is 0 Å². The highest BCUT2D eigenvalue weighted by Crippen LogP contribution is 2.38. The molecule has 6 aromatic carbocycles. The Morgan fingerprint density at radius 3 is 1.40 bits per heavy atom. The van der Waals surface area contributed by atoms with E-state index in [0.29, 0.717) is 36.2 Å². The van der Waals surface area contributed by atoms with E-state index in [-0.39, 0.29) is 24.9 Å². The molecule has 418 valence electrons.